The molecule has 19 heavy (non-hydrogen) atoms. The lowest BCUT2D eigenvalue weighted by Gasteiger charge is -2.23. The zero-order chi connectivity index (χ0) is 13.1. The molecule has 1 atom stereocenters. The van der Waals surface area contributed by atoms with Gasteiger partial charge in [-0.3, -0.25) is 9.30 Å². The highest BCUT2D eigenvalue weighted by Gasteiger charge is 2.18. The van der Waals surface area contributed by atoms with Crippen LogP contribution in [0.2, 0.25) is 0 Å². The van der Waals surface area contributed by atoms with Crippen LogP contribution in [0.25, 0.3) is 4.96 Å². The van der Waals surface area contributed by atoms with Gasteiger partial charge in [0.15, 0.2) is 4.96 Å². The molecule has 4 nitrogen and oxygen atoms in total. The summed E-state index contributed by atoms with van der Waals surface area (Å²) in [5.41, 5.74) is 1.20. The van der Waals surface area contributed by atoms with Crippen LogP contribution >= 0.6 is 11.3 Å². The maximum Gasteiger partial charge on any atom is 0.193 e. The zero-order valence-electron chi connectivity index (χ0n) is 11.5. The van der Waals surface area contributed by atoms with Gasteiger partial charge >= 0.3 is 0 Å². The van der Waals surface area contributed by atoms with E-state index in [1.54, 1.807) is 11.3 Å². The van der Waals surface area contributed by atoms with Crippen LogP contribution in [-0.4, -0.2) is 40.0 Å². The van der Waals surface area contributed by atoms with E-state index >= 15 is 0 Å². The molecular formula is C14H22N4S. The summed E-state index contributed by atoms with van der Waals surface area (Å²) < 4.78 is 2.12. The molecule has 3 rings (SSSR count). The van der Waals surface area contributed by atoms with Gasteiger partial charge in [0.05, 0.1) is 5.69 Å². The van der Waals surface area contributed by atoms with E-state index in [0.717, 1.165) is 24.6 Å². The molecule has 2 aromatic heterocycles. The molecule has 5 heteroatoms. The minimum absolute atomic E-state index is 0.649. The van der Waals surface area contributed by atoms with Gasteiger partial charge in [-0.1, -0.05) is 13.3 Å². The molecule has 0 amide bonds. The van der Waals surface area contributed by atoms with Gasteiger partial charge < -0.3 is 5.32 Å². The van der Waals surface area contributed by atoms with Crippen LogP contribution in [0.4, 0.5) is 0 Å². The molecule has 0 radical (unpaired) electrons. The summed E-state index contributed by atoms with van der Waals surface area (Å²) in [6, 6.07) is 0.649. The molecule has 1 N–H and O–H groups in total. The molecule has 1 fully saturated rings. The Labute approximate surface area is 118 Å². The minimum Gasteiger partial charge on any atom is -0.313 e. The quantitative estimate of drug-likeness (QED) is 0.932. The molecule has 1 saturated heterocycles. The zero-order valence-corrected chi connectivity index (χ0v) is 12.3. The second-order valence-corrected chi connectivity index (χ2v) is 6.23. The van der Waals surface area contributed by atoms with Gasteiger partial charge in [0.2, 0.25) is 0 Å². The summed E-state index contributed by atoms with van der Waals surface area (Å²) in [5.74, 6) is 0. The summed E-state index contributed by atoms with van der Waals surface area (Å²) in [5, 5.41) is 5.74. The van der Waals surface area contributed by atoms with Crippen molar-refractivity contribution in [3.63, 3.8) is 0 Å². The van der Waals surface area contributed by atoms with Gasteiger partial charge in [0.25, 0.3) is 0 Å². The van der Waals surface area contributed by atoms with Crippen LogP contribution < -0.4 is 5.32 Å². The van der Waals surface area contributed by atoms with Crippen LogP contribution in [0, 0.1) is 0 Å². The Morgan fingerprint density at radius 2 is 2.47 bits per heavy atom. The van der Waals surface area contributed by atoms with Crippen LogP contribution in [0.3, 0.4) is 0 Å². The third kappa shape index (κ3) is 3.16. The van der Waals surface area contributed by atoms with Crippen molar-refractivity contribution in [1.29, 1.82) is 0 Å². The van der Waals surface area contributed by atoms with Gasteiger partial charge in [0.1, 0.15) is 0 Å². The van der Waals surface area contributed by atoms with Crippen LogP contribution in [-0.2, 0) is 6.54 Å². The molecule has 0 bridgehead atoms. The SMILES string of the molecule is CCCC1CN(Cc2cn3ccsc3n2)CCCN1. The minimum atomic E-state index is 0.649. The second kappa shape index (κ2) is 6.03. The van der Waals surface area contributed by atoms with Crippen LogP contribution in [0.1, 0.15) is 31.9 Å². The van der Waals surface area contributed by atoms with E-state index < -0.39 is 0 Å². The van der Waals surface area contributed by atoms with E-state index in [9.17, 15) is 0 Å². The molecular weight excluding hydrogens is 256 g/mol. The summed E-state index contributed by atoms with van der Waals surface area (Å²) in [4.78, 5) is 8.34. The van der Waals surface area contributed by atoms with E-state index in [1.165, 1.54) is 31.5 Å². The molecule has 104 valence electrons. The van der Waals surface area contributed by atoms with Crippen molar-refractivity contribution in [2.75, 3.05) is 19.6 Å². The highest BCUT2D eigenvalue weighted by atomic mass is 32.1. The first-order valence-corrected chi connectivity index (χ1v) is 8.10. The van der Waals surface area contributed by atoms with E-state index in [0.29, 0.717) is 6.04 Å². The predicted octanol–water partition coefficient (Wildman–Crippen LogP) is 2.36. The highest BCUT2D eigenvalue weighted by molar-refractivity contribution is 7.15. The fourth-order valence-electron chi connectivity index (χ4n) is 2.84. The predicted molar refractivity (Wildman–Crippen MR) is 79.7 cm³/mol. The topological polar surface area (TPSA) is 32.6 Å². The van der Waals surface area contributed by atoms with E-state index in [1.807, 2.05) is 0 Å². The number of aromatic nitrogens is 2. The van der Waals surface area contributed by atoms with Crippen molar-refractivity contribution in [3.8, 4) is 0 Å². The van der Waals surface area contributed by atoms with Gasteiger partial charge in [-0.05, 0) is 25.9 Å². The van der Waals surface area contributed by atoms with Crippen molar-refractivity contribution in [2.45, 2.75) is 38.8 Å². The first-order chi connectivity index (χ1) is 9.35. The number of imidazole rings is 1. The average molecular weight is 278 g/mol. The monoisotopic (exact) mass is 278 g/mol. The summed E-state index contributed by atoms with van der Waals surface area (Å²) in [6.07, 6.45) is 8.02. The van der Waals surface area contributed by atoms with Gasteiger partial charge in [-0.2, -0.15) is 0 Å². The lowest BCUT2D eigenvalue weighted by molar-refractivity contribution is 0.252. The summed E-state index contributed by atoms with van der Waals surface area (Å²) >= 11 is 1.70. The number of fused-ring (bicyclic) bond motifs is 1. The number of nitrogens with one attached hydrogen (secondary N) is 1. The number of thiazole rings is 1. The standard InChI is InChI=1S/C14H22N4S/c1-2-4-12-9-17(6-3-5-15-12)10-13-11-18-7-8-19-14(18)16-13/h7-8,11-12,15H,2-6,9-10H2,1H3. The molecule has 2 aromatic rings. The fraction of sp³-hybridized carbons (Fsp3) is 0.643. The molecule has 0 saturated carbocycles. The first-order valence-electron chi connectivity index (χ1n) is 7.22. The van der Waals surface area contributed by atoms with Crippen molar-refractivity contribution < 1.29 is 0 Å². The van der Waals surface area contributed by atoms with Gasteiger partial charge in [-0.25, -0.2) is 4.98 Å². The van der Waals surface area contributed by atoms with Crippen LogP contribution in [0.15, 0.2) is 17.8 Å². The molecule has 0 spiro atoms. The van der Waals surface area contributed by atoms with E-state index in [2.05, 4.69) is 44.3 Å². The Bertz CT molecular complexity index is 490. The smallest absolute Gasteiger partial charge is 0.193 e. The van der Waals surface area contributed by atoms with Crippen molar-refractivity contribution in [3.05, 3.63) is 23.5 Å². The third-order valence-electron chi connectivity index (χ3n) is 3.73. The fourth-order valence-corrected chi connectivity index (χ4v) is 3.56. The Morgan fingerprint density at radius 3 is 3.32 bits per heavy atom. The molecule has 1 aliphatic heterocycles. The Kier molecular flexibility index (Phi) is 4.15. The molecule has 3 heterocycles. The van der Waals surface area contributed by atoms with Crippen molar-refractivity contribution in [1.82, 2.24) is 19.6 Å². The number of hydrogen-bond acceptors (Lipinski definition) is 4. The lowest BCUT2D eigenvalue weighted by atomic mass is 10.1. The second-order valence-electron chi connectivity index (χ2n) is 5.35. The number of nitrogens with zero attached hydrogens (tertiary/aromatic N) is 3. The average Bonchev–Trinajstić information content (AvgIpc) is 2.87. The van der Waals surface area contributed by atoms with Crippen molar-refractivity contribution >= 4 is 16.3 Å². The molecule has 0 aromatic carbocycles. The Hall–Kier alpha value is -0.910. The Balaban J connectivity index is 1.65. The normalized spacial score (nSPS) is 21.8. The van der Waals surface area contributed by atoms with E-state index in [4.69, 9.17) is 0 Å². The lowest BCUT2D eigenvalue weighted by Crippen LogP contribution is -2.37. The maximum atomic E-state index is 4.69. The molecule has 1 unspecified atom stereocenters. The van der Waals surface area contributed by atoms with E-state index in [-0.39, 0.29) is 0 Å². The first kappa shape index (κ1) is 13.1. The number of hydrogen-bond donors (Lipinski definition) is 1. The Morgan fingerprint density at radius 1 is 1.53 bits per heavy atom. The maximum absolute atomic E-state index is 4.69. The number of rotatable bonds is 4. The van der Waals surface area contributed by atoms with Gasteiger partial charge in [0, 0.05) is 36.9 Å². The third-order valence-corrected chi connectivity index (χ3v) is 4.50. The highest BCUT2D eigenvalue weighted by Crippen LogP contribution is 2.14. The molecule has 1 aliphatic rings. The van der Waals surface area contributed by atoms with Crippen LogP contribution in [0.5, 0.6) is 0 Å². The summed E-state index contributed by atoms with van der Waals surface area (Å²) in [6.45, 7) is 6.73. The molecule has 0 aliphatic carbocycles. The van der Waals surface area contributed by atoms with Gasteiger partial charge in [-0.15, -0.1) is 11.3 Å². The summed E-state index contributed by atoms with van der Waals surface area (Å²) in [7, 11) is 0. The van der Waals surface area contributed by atoms with Crippen molar-refractivity contribution in [2.24, 2.45) is 0 Å². The largest absolute Gasteiger partial charge is 0.313 e.